The number of hydrogen-bond donors (Lipinski definition) is 0. The van der Waals surface area contributed by atoms with Crippen LogP contribution < -0.4 is 0 Å². The van der Waals surface area contributed by atoms with Crippen molar-refractivity contribution in [2.24, 2.45) is 0 Å². The monoisotopic (exact) mass is 406 g/mol. The van der Waals surface area contributed by atoms with Crippen LogP contribution in [0.2, 0.25) is 0 Å². The third kappa shape index (κ3) is 4.10. The van der Waals surface area contributed by atoms with Crippen LogP contribution in [0.25, 0.3) is 11.5 Å². The first-order chi connectivity index (χ1) is 14.3. The number of nitrogens with zero attached hydrogens (tertiary/aromatic N) is 4. The lowest BCUT2D eigenvalue weighted by molar-refractivity contribution is 0.571. The zero-order chi connectivity index (χ0) is 19.6. The molecule has 1 fully saturated rings. The van der Waals surface area contributed by atoms with Gasteiger partial charge in [-0.05, 0) is 36.6 Å². The van der Waals surface area contributed by atoms with Gasteiger partial charge in [0, 0.05) is 17.2 Å². The highest BCUT2D eigenvalue weighted by molar-refractivity contribution is 7.98. The number of halogens is 1. The average molecular weight is 406 g/mol. The number of benzene rings is 2. The van der Waals surface area contributed by atoms with Crippen molar-refractivity contribution in [3.8, 4) is 11.5 Å². The molecule has 1 aliphatic rings. The molecule has 0 saturated heterocycles. The van der Waals surface area contributed by atoms with Gasteiger partial charge in [-0.25, -0.2) is 9.37 Å². The fourth-order valence-corrected chi connectivity index (χ4v) is 4.05. The molecule has 0 aliphatic heterocycles. The highest BCUT2D eigenvalue weighted by Gasteiger charge is 2.30. The van der Waals surface area contributed by atoms with Gasteiger partial charge < -0.3 is 8.98 Å². The van der Waals surface area contributed by atoms with Crippen molar-refractivity contribution >= 4 is 11.8 Å². The number of rotatable bonds is 7. The number of aromatic nitrogens is 4. The van der Waals surface area contributed by atoms with Crippen LogP contribution in [0.1, 0.15) is 35.8 Å². The molecule has 1 aliphatic carbocycles. The molecule has 0 atom stereocenters. The summed E-state index contributed by atoms with van der Waals surface area (Å²) in [7, 11) is 0. The summed E-state index contributed by atoms with van der Waals surface area (Å²) in [6.45, 7) is 0.759. The summed E-state index contributed by atoms with van der Waals surface area (Å²) in [6.07, 6.45) is 3.97. The largest absolute Gasteiger partial charge is 0.444 e. The van der Waals surface area contributed by atoms with E-state index in [1.165, 1.54) is 30.5 Å². The van der Waals surface area contributed by atoms with Crippen molar-refractivity contribution < 1.29 is 8.81 Å². The second kappa shape index (κ2) is 7.83. The highest BCUT2D eigenvalue weighted by Crippen LogP contribution is 2.40. The fourth-order valence-electron chi connectivity index (χ4n) is 3.23. The maximum atomic E-state index is 13.4. The molecule has 0 N–H and O–H groups in total. The molecule has 2 aromatic carbocycles. The highest BCUT2D eigenvalue weighted by atomic mass is 32.2. The van der Waals surface area contributed by atoms with Crippen LogP contribution in [0.3, 0.4) is 0 Å². The predicted molar refractivity (Wildman–Crippen MR) is 109 cm³/mol. The molecule has 0 bridgehead atoms. The van der Waals surface area contributed by atoms with Crippen LogP contribution in [0.15, 0.2) is 70.4 Å². The molecule has 29 heavy (non-hydrogen) atoms. The fraction of sp³-hybridized carbons (Fsp3) is 0.227. The van der Waals surface area contributed by atoms with Gasteiger partial charge >= 0.3 is 0 Å². The van der Waals surface area contributed by atoms with E-state index in [1.807, 2.05) is 18.2 Å². The van der Waals surface area contributed by atoms with Gasteiger partial charge in [-0.3, -0.25) is 0 Å². The molecule has 2 aromatic heterocycles. The van der Waals surface area contributed by atoms with Crippen LogP contribution in [-0.4, -0.2) is 19.7 Å². The first-order valence-electron chi connectivity index (χ1n) is 9.56. The minimum atomic E-state index is -0.307. The lowest BCUT2D eigenvalue weighted by Crippen LogP contribution is -2.06. The third-order valence-electron chi connectivity index (χ3n) is 4.84. The van der Waals surface area contributed by atoms with Gasteiger partial charge in [-0.2, -0.15) is 0 Å². The minimum Gasteiger partial charge on any atom is -0.444 e. The second-order valence-electron chi connectivity index (χ2n) is 7.13. The van der Waals surface area contributed by atoms with E-state index in [-0.39, 0.29) is 5.82 Å². The maximum absolute atomic E-state index is 13.4. The Balaban J connectivity index is 1.33. The molecular formula is C22H19FN4OS. The molecule has 0 unspecified atom stereocenters. The van der Waals surface area contributed by atoms with Gasteiger partial charge in [0.1, 0.15) is 17.9 Å². The van der Waals surface area contributed by atoms with Crippen LogP contribution in [0.4, 0.5) is 4.39 Å². The van der Waals surface area contributed by atoms with Gasteiger partial charge in [-0.15, -0.1) is 10.2 Å². The zero-order valence-corrected chi connectivity index (χ0v) is 16.5. The SMILES string of the molecule is Fc1cccc(-c2nc(CSc3nnc(C4CC4)n3Cc3ccccc3)co2)c1. The average Bonchev–Trinajstić information content (AvgIpc) is 3.34. The number of thioether (sulfide) groups is 1. The molecule has 5 nitrogen and oxygen atoms in total. The molecule has 0 amide bonds. The lowest BCUT2D eigenvalue weighted by atomic mass is 10.2. The van der Waals surface area contributed by atoms with Crippen molar-refractivity contribution in [3.63, 3.8) is 0 Å². The summed E-state index contributed by atoms with van der Waals surface area (Å²) >= 11 is 1.59. The van der Waals surface area contributed by atoms with Crippen molar-refractivity contribution in [1.29, 1.82) is 0 Å². The number of oxazole rings is 1. The summed E-state index contributed by atoms with van der Waals surface area (Å²) in [6, 6.07) is 16.6. The summed E-state index contributed by atoms with van der Waals surface area (Å²) in [5.41, 5.74) is 2.65. The topological polar surface area (TPSA) is 56.7 Å². The standard InChI is InChI=1S/C22H19FN4OS/c23-18-8-4-7-17(11-18)21-24-19(13-28-21)14-29-22-26-25-20(16-9-10-16)27(22)12-15-5-2-1-3-6-15/h1-8,11,13,16H,9-10,12,14H2. The van der Waals surface area contributed by atoms with Crippen molar-refractivity contribution in [2.45, 2.75) is 36.2 Å². The normalized spacial score (nSPS) is 13.7. The Labute approximate surface area is 172 Å². The van der Waals surface area contributed by atoms with Crippen molar-refractivity contribution in [1.82, 2.24) is 19.7 Å². The molecule has 2 heterocycles. The molecule has 0 radical (unpaired) electrons. The Morgan fingerprint density at radius 2 is 1.93 bits per heavy atom. The van der Waals surface area contributed by atoms with Gasteiger partial charge in [0.15, 0.2) is 5.16 Å². The van der Waals surface area contributed by atoms with E-state index in [2.05, 4.69) is 31.9 Å². The molecule has 1 saturated carbocycles. The Kier molecular flexibility index (Phi) is 4.89. The molecule has 4 aromatic rings. The summed E-state index contributed by atoms with van der Waals surface area (Å²) in [5.74, 6) is 2.31. The van der Waals surface area contributed by atoms with Gasteiger partial charge in [0.25, 0.3) is 0 Å². The first-order valence-corrected chi connectivity index (χ1v) is 10.5. The van der Waals surface area contributed by atoms with E-state index in [1.54, 1.807) is 30.2 Å². The molecule has 5 rings (SSSR count). The lowest BCUT2D eigenvalue weighted by Gasteiger charge is -2.09. The quantitative estimate of drug-likeness (QED) is 0.390. The Bertz CT molecular complexity index is 1120. The van der Waals surface area contributed by atoms with Crippen molar-refractivity contribution in [2.75, 3.05) is 0 Å². The van der Waals surface area contributed by atoms with E-state index in [4.69, 9.17) is 4.42 Å². The number of hydrogen-bond acceptors (Lipinski definition) is 5. The van der Waals surface area contributed by atoms with Crippen LogP contribution >= 0.6 is 11.8 Å². The Hall–Kier alpha value is -2.93. The van der Waals surface area contributed by atoms with Gasteiger partial charge in [0.2, 0.25) is 5.89 Å². The van der Waals surface area contributed by atoms with E-state index in [9.17, 15) is 4.39 Å². The van der Waals surface area contributed by atoms with Crippen LogP contribution in [0.5, 0.6) is 0 Å². The minimum absolute atomic E-state index is 0.307. The molecular weight excluding hydrogens is 387 g/mol. The first kappa shape index (κ1) is 18.1. The van der Waals surface area contributed by atoms with E-state index in [0.717, 1.165) is 23.2 Å². The van der Waals surface area contributed by atoms with Crippen LogP contribution in [0, 0.1) is 5.82 Å². The Morgan fingerprint density at radius 1 is 1.07 bits per heavy atom. The van der Waals surface area contributed by atoms with Gasteiger partial charge in [0.05, 0.1) is 12.2 Å². The molecule has 146 valence electrons. The van der Waals surface area contributed by atoms with E-state index >= 15 is 0 Å². The second-order valence-corrected chi connectivity index (χ2v) is 8.07. The smallest absolute Gasteiger partial charge is 0.226 e. The van der Waals surface area contributed by atoms with Crippen molar-refractivity contribution in [3.05, 3.63) is 83.8 Å². The van der Waals surface area contributed by atoms with E-state index in [0.29, 0.717) is 23.1 Å². The third-order valence-corrected chi connectivity index (χ3v) is 5.84. The van der Waals surface area contributed by atoms with E-state index < -0.39 is 0 Å². The summed E-state index contributed by atoms with van der Waals surface area (Å²) < 4.78 is 21.2. The predicted octanol–water partition coefficient (Wildman–Crippen LogP) is 5.29. The summed E-state index contributed by atoms with van der Waals surface area (Å²) in [5, 5.41) is 9.77. The van der Waals surface area contributed by atoms with Crippen LogP contribution in [-0.2, 0) is 12.3 Å². The summed E-state index contributed by atoms with van der Waals surface area (Å²) in [4.78, 5) is 4.49. The molecule has 0 spiro atoms. The van der Waals surface area contributed by atoms with Gasteiger partial charge in [-0.1, -0.05) is 48.2 Å². The maximum Gasteiger partial charge on any atom is 0.226 e. The Morgan fingerprint density at radius 3 is 2.72 bits per heavy atom. The molecule has 7 heteroatoms. The zero-order valence-electron chi connectivity index (χ0n) is 15.7.